The van der Waals surface area contributed by atoms with Crippen LogP contribution < -0.4 is 11.1 Å². The Morgan fingerprint density at radius 3 is 2.71 bits per heavy atom. The average Bonchev–Trinajstić information content (AvgIpc) is 2.48. The van der Waals surface area contributed by atoms with Crippen molar-refractivity contribution in [1.29, 1.82) is 0 Å². The lowest BCUT2D eigenvalue weighted by Crippen LogP contribution is -2.25. The largest absolute Gasteiger partial charge is 0.398 e. The average molecular weight is 356 g/mol. The molecule has 2 aromatic rings. The van der Waals surface area contributed by atoms with E-state index in [2.05, 4.69) is 26.2 Å². The van der Waals surface area contributed by atoms with Crippen molar-refractivity contribution < 1.29 is 8.78 Å². The molecule has 0 radical (unpaired) electrons. The summed E-state index contributed by atoms with van der Waals surface area (Å²) in [7, 11) is 0. The molecule has 0 aliphatic rings. The molecule has 1 aromatic heterocycles. The molecule has 1 unspecified atom stereocenters. The van der Waals surface area contributed by atoms with Crippen LogP contribution >= 0.6 is 15.9 Å². The van der Waals surface area contributed by atoms with Gasteiger partial charge in [0.15, 0.2) is 11.6 Å². The molecule has 1 heterocycles. The molecule has 0 bridgehead atoms. The first-order valence-electron chi connectivity index (χ1n) is 6.62. The van der Waals surface area contributed by atoms with Gasteiger partial charge in [-0.15, -0.1) is 0 Å². The van der Waals surface area contributed by atoms with Gasteiger partial charge in [-0.3, -0.25) is 4.98 Å². The summed E-state index contributed by atoms with van der Waals surface area (Å²) in [6.07, 6.45) is 4.13. The predicted octanol–water partition coefficient (Wildman–Crippen LogP) is 3.79. The Morgan fingerprint density at radius 1 is 1.29 bits per heavy atom. The van der Waals surface area contributed by atoms with E-state index in [0.29, 0.717) is 17.8 Å². The van der Waals surface area contributed by atoms with Crippen LogP contribution in [0.1, 0.15) is 30.5 Å². The van der Waals surface area contributed by atoms with E-state index in [4.69, 9.17) is 5.73 Å². The topological polar surface area (TPSA) is 50.9 Å². The highest BCUT2D eigenvalue weighted by atomic mass is 79.9. The van der Waals surface area contributed by atoms with Gasteiger partial charge in [0.05, 0.1) is 10.5 Å². The summed E-state index contributed by atoms with van der Waals surface area (Å²) in [5.74, 6) is -1.79. The van der Waals surface area contributed by atoms with Crippen molar-refractivity contribution in [1.82, 2.24) is 10.3 Å². The summed E-state index contributed by atoms with van der Waals surface area (Å²) < 4.78 is 27.2. The summed E-state index contributed by atoms with van der Waals surface area (Å²) >= 11 is 3.13. The molecule has 0 amide bonds. The van der Waals surface area contributed by atoms with Gasteiger partial charge < -0.3 is 11.1 Å². The zero-order valence-electron chi connectivity index (χ0n) is 11.5. The fourth-order valence-corrected chi connectivity index (χ4v) is 2.65. The molecule has 1 atom stereocenters. The third kappa shape index (κ3) is 3.39. The van der Waals surface area contributed by atoms with E-state index in [-0.39, 0.29) is 10.5 Å². The molecular weight excluding hydrogens is 340 g/mol. The Morgan fingerprint density at radius 2 is 2.05 bits per heavy atom. The van der Waals surface area contributed by atoms with Crippen molar-refractivity contribution >= 4 is 21.6 Å². The number of nitrogens with zero attached hydrogens (tertiary/aromatic N) is 1. The molecule has 0 saturated carbocycles. The molecular formula is C15H16BrF2N3. The quantitative estimate of drug-likeness (QED) is 0.802. The molecule has 0 spiro atoms. The van der Waals surface area contributed by atoms with Crippen LogP contribution in [0.3, 0.4) is 0 Å². The number of nitrogens with two attached hydrogens (primary N) is 1. The zero-order valence-corrected chi connectivity index (χ0v) is 13.1. The summed E-state index contributed by atoms with van der Waals surface area (Å²) in [4.78, 5) is 4.07. The van der Waals surface area contributed by atoms with Gasteiger partial charge in [-0.2, -0.15) is 0 Å². The lowest BCUT2D eigenvalue weighted by molar-refractivity contribution is 0.497. The van der Waals surface area contributed by atoms with Crippen LogP contribution in [0.15, 0.2) is 35.1 Å². The van der Waals surface area contributed by atoms with Crippen molar-refractivity contribution in [3.63, 3.8) is 0 Å². The van der Waals surface area contributed by atoms with Crippen molar-refractivity contribution in [3.05, 3.63) is 57.8 Å². The maximum Gasteiger partial charge on any atom is 0.173 e. The first-order chi connectivity index (χ1) is 10.1. The SMILES string of the molecule is CCCNC(c1cnccc1N)c1ccc(F)c(F)c1Br. The summed E-state index contributed by atoms with van der Waals surface area (Å²) in [5, 5.41) is 3.29. The lowest BCUT2D eigenvalue weighted by Gasteiger charge is -2.22. The predicted molar refractivity (Wildman–Crippen MR) is 82.8 cm³/mol. The Hall–Kier alpha value is -1.53. The molecule has 3 nitrogen and oxygen atoms in total. The second-order valence-corrected chi connectivity index (χ2v) is 5.45. The summed E-state index contributed by atoms with van der Waals surface area (Å²) in [5.41, 5.74) is 7.86. The molecule has 6 heteroatoms. The fourth-order valence-electron chi connectivity index (χ4n) is 2.10. The molecule has 0 fully saturated rings. The second-order valence-electron chi connectivity index (χ2n) is 4.66. The van der Waals surface area contributed by atoms with Crippen LogP contribution in [-0.2, 0) is 0 Å². The van der Waals surface area contributed by atoms with Crippen LogP contribution in [0, 0.1) is 11.6 Å². The van der Waals surface area contributed by atoms with Crippen LogP contribution in [0.4, 0.5) is 14.5 Å². The number of hydrogen-bond donors (Lipinski definition) is 2. The Balaban J connectivity index is 2.51. The highest BCUT2D eigenvalue weighted by molar-refractivity contribution is 9.10. The summed E-state index contributed by atoms with van der Waals surface area (Å²) in [6.45, 7) is 2.74. The van der Waals surface area contributed by atoms with E-state index in [1.165, 1.54) is 0 Å². The van der Waals surface area contributed by atoms with E-state index < -0.39 is 11.6 Å². The first kappa shape index (κ1) is 15.9. The van der Waals surface area contributed by atoms with Gasteiger partial charge in [0.25, 0.3) is 0 Å². The monoisotopic (exact) mass is 355 g/mol. The molecule has 2 rings (SSSR count). The van der Waals surface area contributed by atoms with Gasteiger partial charge in [0, 0.05) is 23.6 Å². The fraction of sp³-hybridized carbons (Fsp3) is 0.267. The van der Waals surface area contributed by atoms with E-state index in [1.807, 2.05) is 6.92 Å². The number of halogens is 3. The number of benzene rings is 1. The van der Waals surface area contributed by atoms with Crippen molar-refractivity contribution in [2.75, 3.05) is 12.3 Å². The number of nitrogens with one attached hydrogen (secondary N) is 1. The van der Waals surface area contributed by atoms with Crippen LogP contribution in [-0.4, -0.2) is 11.5 Å². The van der Waals surface area contributed by atoms with E-state index >= 15 is 0 Å². The van der Waals surface area contributed by atoms with Gasteiger partial charge >= 0.3 is 0 Å². The number of anilines is 1. The molecule has 0 aliphatic heterocycles. The highest BCUT2D eigenvalue weighted by Gasteiger charge is 2.22. The lowest BCUT2D eigenvalue weighted by atomic mass is 9.98. The van der Waals surface area contributed by atoms with Gasteiger partial charge in [0.1, 0.15) is 0 Å². The normalized spacial score (nSPS) is 12.4. The third-order valence-corrected chi connectivity index (χ3v) is 3.98. The minimum atomic E-state index is -0.904. The van der Waals surface area contributed by atoms with Gasteiger partial charge in [-0.1, -0.05) is 13.0 Å². The highest BCUT2D eigenvalue weighted by Crippen LogP contribution is 2.33. The molecule has 0 aliphatic carbocycles. The van der Waals surface area contributed by atoms with E-state index in [1.54, 1.807) is 24.5 Å². The first-order valence-corrected chi connectivity index (χ1v) is 7.41. The minimum Gasteiger partial charge on any atom is -0.398 e. The van der Waals surface area contributed by atoms with E-state index in [9.17, 15) is 8.78 Å². The second kappa shape index (κ2) is 6.95. The zero-order chi connectivity index (χ0) is 15.4. The smallest absolute Gasteiger partial charge is 0.173 e. The van der Waals surface area contributed by atoms with Crippen molar-refractivity contribution in [2.24, 2.45) is 0 Å². The molecule has 112 valence electrons. The molecule has 0 saturated heterocycles. The number of rotatable bonds is 5. The van der Waals surface area contributed by atoms with Gasteiger partial charge in [-0.05, 0) is 46.6 Å². The Bertz CT molecular complexity index is 634. The molecule has 1 aromatic carbocycles. The van der Waals surface area contributed by atoms with Crippen LogP contribution in [0.25, 0.3) is 0 Å². The number of aromatic nitrogens is 1. The van der Waals surface area contributed by atoms with Crippen LogP contribution in [0.5, 0.6) is 0 Å². The van der Waals surface area contributed by atoms with Crippen molar-refractivity contribution in [3.8, 4) is 0 Å². The Labute approximate surface area is 130 Å². The maximum absolute atomic E-state index is 13.8. The van der Waals surface area contributed by atoms with Crippen molar-refractivity contribution in [2.45, 2.75) is 19.4 Å². The standard InChI is InChI=1S/C15H16BrF2N3/c1-2-6-21-15(10-8-20-7-5-12(10)19)9-3-4-11(17)14(18)13(9)16/h3-5,7-8,15,21H,2,6H2,1H3,(H2,19,20). The number of hydrogen-bond acceptors (Lipinski definition) is 3. The third-order valence-electron chi connectivity index (χ3n) is 3.17. The van der Waals surface area contributed by atoms with E-state index in [0.717, 1.165) is 18.1 Å². The van der Waals surface area contributed by atoms with Crippen LogP contribution in [0.2, 0.25) is 0 Å². The maximum atomic E-state index is 13.8. The summed E-state index contributed by atoms with van der Waals surface area (Å²) in [6, 6.07) is 3.98. The molecule has 21 heavy (non-hydrogen) atoms. The molecule has 3 N–H and O–H groups in total. The Kier molecular flexibility index (Phi) is 5.25. The van der Waals surface area contributed by atoms with Gasteiger partial charge in [0.2, 0.25) is 0 Å². The number of nitrogen functional groups attached to an aromatic ring is 1. The minimum absolute atomic E-state index is 0.0966. The number of pyridine rings is 1. The van der Waals surface area contributed by atoms with Gasteiger partial charge in [-0.25, -0.2) is 8.78 Å².